The third-order valence-electron chi connectivity index (χ3n) is 2.00. The lowest BCUT2D eigenvalue weighted by atomic mass is 10.4. The molecule has 0 bridgehead atoms. The molecule has 0 atom stereocenters. The van der Waals surface area contributed by atoms with Gasteiger partial charge in [0.15, 0.2) is 0 Å². The molecule has 0 fully saturated rings. The van der Waals surface area contributed by atoms with Gasteiger partial charge in [0.2, 0.25) is 0 Å². The van der Waals surface area contributed by atoms with Gasteiger partial charge >= 0.3 is 15.6 Å². The first-order chi connectivity index (χ1) is 11.7. The highest BCUT2D eigenvalue weighted by atomic mass is 31.2. The van der Waals surface area contributed by atoms with Gasteiger partial charge in [-0.05, 0) is 0 Å². The van der Waals surface area contributed by atoms with Crippen molar-refractivity contribution in [3.05, 3.63) is 0 Å². The largest absolute Gasteiger partial charge is 0.466 e. The van der Waals surface area contributed by atoms with E-state index < -0.39 is 15.6 Å². The number of rotatable bonds is 4. The number of hydrogen-bond acceptors (Lipinski definition) is 2. The summed E-state index contributed by atoms with van der Waals surface area (Å²) in [7, 11) is -9.28. The van der Waals surface area contributed by atoms with Crippen LogP contribution in [0.3, 0.4) is 0 Å². The maximum Gasteiger partial charge on any atom is 0.466 e. The standard InChI is InChI=1S/4C4H10.2H3O4P/c4*1-3-4-2;2*1-5(2,3)4/h4*3-4H2,1-2H3;2*(H3,1,2,3,4). The van der Waals surface area contributed by atoms with Crippen LogP contribution in [0.15, 0.2) is 0 Å². The molecule has 8 nitrogen and oxygen atoms in total. The average Bonchev–Trinajstić information content (AvgIpc) is 2.52. The fraction of sp³-hybridized carbons (Fsp3) is 1.00. The molecule has 0 unspecified atom stereocenters. The molecule has 0 rings (SSSR count). The van der Waals surface area contributed by atoms with Crippen molar-refractivity contribution in [3.8, 4) is 0 Å². The second kappa shape index (κ2) is 36.2. The van der Waals surface area contributed by atoms with Crippen LogP contribution < -0.4 is 0 Å². The van der Waals surface area contributed by atoms with Crippen LogP contribution in [0.25, 0.3) is 0 Å². The molecule has 10 heteroatoms. The van der Waals surface area contributed by atoms with E-state index in [2.05, 4.69) is 55.4 Å². The van der Waals surface area contributed by atoms with Gasteiger partial charge in [0, 0.05) is 0 Å². The van der Waals surface area contributed by atoms with Gasteiger partial charge in [-0.15, -0.1) is 0 Å². The number of unbranched alkanes of at least 4 members (excludes halogenated alkanes) is 4. The maximum absolute atomic E-state index is 8.88. The van der Waals surface area contributed by atoms with Crippen LogP contribution in [-0.2, 0) is 9.13 Å². The van der Waals surface area contributed by atoms with Gasteiger partial charge in [-0.25, -0.2) is 9.13 Å². The Labute approximate surface area is 161 Å². The molecule has 0 amide bonds. The SMILES string of the molecule is CCCC.CCCC.CCCC.CCCC.O=P(O)(O)O.O=P(O)(O)O. The summed E-state index contributed by atoms with van der Waals surface area (Å²) in [5.74, 6) is 0. The molecule has 0 aliphatic heterocycles. The molecule has 0 saturated heterocycles. The minimum Gasteiger partial charge on any atom is -0.303 e. The van der Waals surface area contributed by atoms with E-state index in [1.54, 1.807) is 0 Å². The maximum atomic E-state index is 8.88. The fourth-order valence-electron chi connectivity index (χ4n) is 0. The van der Waals surface area contributed by atoms with Crippen LogP contribution in [0.5, 0.6) is 0 Å². The summed E-state index contributed by atoms with van der Waals surface area (Å²) in [5, 5.41) is 0. The molecule has 0 spiro atoms. The minimum atomic E-state index is -4.64. The van der Waals surface area contributed by atoms with Gasteiger partial charge in [0.05, 0.1) is 0 Å². The van der Waals surface area contributed by atoms with Crippen molar-refractivity contribution in [2.24, 2.45) is 0 Å². The summed E-state index contributed by atoms with van der Waals surface area (Å²) in [6.07, 6.45) is 10.6. The first-order valence-electron chi connectivity index (χ1n) is 9.22. The molecular weight excluding hydrogens is 382 g/mol. The average molecular weight is 428 g/mol. The molecular formula is C16H46O8P2. The van der Waals surface area contributed by atoms with Crippen LogP contribution in [0.1, 0.15) is 107 Å². The molecule has 0 heterocycles. The van der Waals surface area contributed by atoms with Gasteiger partial charge in [-0.1, -0.05) is 107 Å². The summed E-state index contributed by atoms with van der Waals surface area (Å²) in [5.41, 5.74) is 0. The third-order valence-corrected chi connectivity index (χ3v) is 2.00. The molecule has 0 saturated carbocycles. The van der Waals surface area contributed by atoms with E-state index in [1.807, 2.05) is 0 Å². The summed E-state index contributed by atoms with van der Waals surface area (Å²) >= 11 is 0. The van der Waals surface area contributed by atoms with Gasteiger partial charge in [0.1, 0.15) is 0 Å². The Morgan fingerprint density at radius 2 is 0.423 bits per heavy atom. The van der Waals surface area contributed by atoms with E-state index in [0.29, 0.717) is 0 Å². The lowest BCUT2D eigenvalue weighted by Crippen LogP contribution is -1.66. The van der Waals surface area contributed by atoms with Gasteiger partial charge in [0.25, 0.3) is 0 Å². The van der Waals surface area contributed by atoms with Crippen molar-refractivity contribution in [1.82, 2.24) is 0 Å². The molecule has 0 aliphatic rings. The molecule has 0 radical (unpaired) electrons. The van der Waals surface area contributed by atoms with Gasteiger partial charge in [-0.2, -0.15) is 0 Å². The van der Waals surface area contributed by atoms with E-state index >= 15 is 0 Å². The zero-order valence-electron chi connectivity index (χ0n) is 18.1. The predicted octanol–water partition coefficient (Wildman–Crippen LogP) is 5.37. The molecule has 0 aromatic carbocycles. The van der Waals surface area contributed by atoms with Gasteiger partial charge < -0.3 is 29.4 Å². The van der Waals surface area contributed by atoms with Crippen LogP contribution in [0.4, 0.5) is 0 Å². The minimum absolute atomic E-state index is 1.32. The van der Waals surface area contributed by atoms with E-state index in [-0.39, 0.29) is 0 Å². The van der Waals surface area contributed by atoms with E-state index in [4.69, 9.17) is 38.5 Å². The molecule has 6 N–H and O–H groups in total. The van der Waals surface area contributed by atoms with Crippen molar-refractivity contribution < 1.29 is 38.5 Å². The molecule has 26 heavy (non-hydrogen) atoms. The summed E-state index contributed by atoms with van der Waals surface area (Å²) in [4.78, 5) is 43.1. The van der Waals surface area contributed by atoms with E-state index in [9.17, 15) is 0 Å². The Bertz CT molecular complexity index is 217. The van der Waals surface area contributed by atoms with E-state index in [0.717, 1.165) is 0 Å². The van der Waals surface area contributed by atoms with E-state index in [1.165, 1.54) is 51.4 Å². The zero-order chi connectivity index (χ0) is 22.7. The summed E-state index contributed by atoms with van der Waals surface area (Å²) in [6.45, 7) is 17.4. The Balaban J connectivity index is -0.0000000463. The highest BCUT2D eigenvalue weighted by Gasteiger charge is 2.00. The summed E-state index contributed by atoms with van der Waals surface area (Å²) in [6, 6.07) is 0. The topological polar surface area (TPSA) is 156 Å². The van der Waals surface area contributed by atoms with Crippen LogP contribution in [0.2, 0.25) is 0 Å². The first kappa shape index (κ1) is 40.8. The smallest absolute Gasteiger partial charge is 0.303 e. The third kappa shape index (κ3) is 733. The molecule has 0 aromatic heterocycles. The first-order valence-corrected chi connectivity index (χ1v) is 12.4. The highest BCUT2D eigenvalue weighted by Crippen LogP contribution is 2.26. The Morgan fingerprint density at radius 3 is 0.423 bits per heavy atom. The lowest BCUT2D eigenvalue weighted by Gasteiger charge is -1.82. The van der Waals surface area contributed by atoms with Gasteiger partial charge in [-0.3, -0.25) is 0 Å². The zero-order valence-corrected chi connectivity index (χ0v) is 19.8. The monoisotopic (exact) mass is 428 g/mol. The Morgan fingerprint density at radius 1 is 0.385 bits per heavy atom. The van der Waals surface area contributed by atoms with Crippen molar-refractivity contribution in [2.75, 3.05) is 0 Å². The van der Waals surface area contributed by atoms with Crippen LogP contribution in [0, 0.1) is 0 Å². The van der Waals surface area contributed by atoms with Crippen LogP contribution in [-0.4, -0.2) is 29.4 Å². The highest BCUT2D eigenvalue weighted by molar-refractivity contribution is 7.45. The molecule has 0 aliphatic carbocycles. The van der Waals surface area contributed by atoms with Crippen molar-refractivity contribution in [2.45, 2.75) is 107 Å². The predicted molar refractivity (Wildman–Crippen MR) is 111 cm³/mol. The number of hydrogen-bond donors (Lipinski definition) is 6. The second-order valence-electron chi connectivity index (χ2n) is 5.03. The van der Waals surface area contributed by atoms with Crippen molar-refractivity contribution in [1.29, 1.82) is 0 Å². The quantitative estimate of drug-likeness (QED) is 0.326. The molecule has 0 aromatic rings. The summed E-state index contributed by atoms with van der Waals surface area (Å²) < 4.78 is 17.8. The normalized spacial score (nSPS) is 9.15. The lowest BCUT2D eigenvalue weighted by molar-refractivity contribution is 0.272. The van der Waals surface area contributed by atoms with Crippen molar-refractivity contribution in [3.63, 3.8) is 0 Å². The van der Waals surface area contributed by atoms with Crippen molar-refractivity contribution >= 4 is 15.6 Å². The Kier molecular flexibility index (Phi) is 56.8. The Hall–Kier alpha value is 0.220. The fourth-order valence-corrected chi connectivity index (χ4v) is 0. The number of phosphoric acid groups is 2. The van der Waals surface area contributed by atoms with Crippen LogP contribution >= 0.6 is 15.6 Å². The molecule has 168 valence electrons. The second-order valence-corrected chi connectivity index (χ2v) is 7.08.